The van der Waals surface area contributed by atoms with Gasteiger partial charge < -0.3 is 23.7 Å². The Balaban J connectivity index is 0.000000433. The highest BCUT2D eigenvalue weighted by Gasteiger charge is 2.56. The first-order valence-corrected chi connectivity index (χ1v) is 15.0. The third kappa shape index (κ3) is 9.97. The van der Waals surface area contributed by atoms with Crippen molar-refractivity contribution in [2.24, 2.45) is 0 Å². The monoisotopic (exact) mass is 620 g/mol. The third-order valence-electron chi connectivity index (χ3n) is 6.82. The minimum atomic E-state index is -1.11. The number of hydrogen-bond acceptors (Lipinski definition) is 9. The molecule has 2 aliphatic heterocycles. The minimum Gasteiger partial charge on any atom is -0.467 e. The summed E-state index contributed by atoms with van der Waals surface area (Å²) in [7, 11) is 2.63. The van der Waals surface area contributed by atoms with Crippen LogP contribution < -0.4 is 0 Å². The van der Waals surface area contributed by atoms with Gasteiger partial charge in [-0.25, -0.2) is 19.2 Å². The summed E-state index contributed by atoms with van der Waals surface area (Å²) in [6, 6.07) is 9.65. The summed E-state index contributed by atoms with van der Waals surface area (Å²) in [4.78, 5) is 51.3. The molecule has 1 aromatic carbocycles. The molecule has 0 saturated carbocycles. The highest BCUT2D eigenvalue weighted by Crippen LogP contribution is 2.37. The van der Waals surface area contributed by atoms with Crippen LogP contribution >= 0.6 is 0 Å². The van der Waals surface area contributed by atoms with E-state index in [4.69, 9.17) is 23.7 Å². The van der Waals surface area contributed by atoms with Crippen molar-refractivity contribution in [3.63, 3.8) is 0 Å². The zero-order valence-corrected chi connectivity index (χ0v) is 28.2. The van der Waals surface area contributed by atoms with E-state index >= 15 is 0 Å². The maximum atomic E-state index is 12.4. The molecule has 0 radical (unpaired) electrons. The Labute approximate surface area is 262 Å². The van der Waals surface area contributed by atoms with Crippen molar-refractivity contribution in [3.8, 4) is 0 Å². The third-order valence-corrected chi connectivity index (χ3v) is 6.82. The molecule has 2 fully saturated rings. The van der Waals surface area contributed by atoms with E-state index in [1.165, 1.54) is 24.0 Å². The molecular formula is C33H52N2O9. The molecule has 0 aromatic heterocycles. The molecule has 0 aliphatic carbocycles. The summed E-state index contributed by atoms with van der Waals surface area (Å²) in [5.41, 5.74) is -2.24. The smallest absolute Gasteiger partial charge is 0.411 e. The Morgan fingerprint density at radius 3 is 1.59 bits per heavy atom. The summed E-state index contributed by atoms with van der Waals surface area (Å²) in [5.74, 6) is -0.896. The second-order valence-electron chi connectivity index (χ2n) is 12.3. The van der Waals surface area contributed by atoms with Crippen LogP contribution in [0.4, 0.5) is 9.59 Å². The van der Waals surface area contributed by atoms with Crippen LogP contribution in [0.5, 0.6) is 0 Å². The van der Waals surface area contributed by atoms with Gasteiger partial charge in [0, 0.05) is 19.5 Å². The van der Waals surface area contributed by atoms with E-state index in [0.29, 0.717) is 39.0 Å². The van der Waals surface area contributed by atoms with Crippen LogP contribution in [0.3, 0.4) is 0 Å². The normalized spacial score (nSPS) is 20.6. The number of nitrogens with zero attached hydrogens (tertiary/aromatic N) is 2. The van der Waals surface area contributed by atoms with Crippen molar-refractivity contribution in [2.45, 2.75) is 104 Å². The summed E-state index contributed by atoms with van der Waals surface area (Å²) in [6.07, 6.45) is 2.05. The average Bonchev–Trinajstić information content (AvgIpc) is 2.92. The molecular weight excluding hydrogens is 568 g/mol. The second kappa shape index (κ2) is 16.5. The van der Waals surface area contributed by atoms with Gasteiger partial charge in [-0.05, 0) is 59.9 Å². The minimum absolute atomic E-state index is 0.0772. The number of carbonyl (C=O) groups is 4. The molecule has 1 aromatic rings. The molecule has 2 atom stereocenters. The van der Waals surface area contributed by atoms with Crippen molar-refractivity contribution < 1.29 is 42.9 Å². The van der Waals surface area contributed by atoms with Crippen LogP contribution in [0.2, 0.25) is 0 Å². The Bertz CT molecular complexity index is 1110. The fraction of sp³-hybridized carbons (Fsp3) is 0.636. The number of carbonyl (C=O) groups excluding carboxylic acids is 4. The lowest BCUT2D eigenvalue weighted by Gasteiger charge is -2.49. The molecule has 0 N–H and O–H groups in total. The first kappa shape index (κ1) is 38.4. The van der Waals surface area contributed by atoms with Gasteiger partial charge >= 0.3 is 24.1 Å². The van der Waals surface area contributed by atoms with Gasteiger partial charge in [-0.3, -0.25) is 9.80 Å². The molecule has 2 amide bonds. The summed E-state index contributed by atoms with van der Waals surface area (Å²) < 4.78 is 26.1. The molecule has 2 saturated heterocycles. The zero-order valence-electron chi connectivity index (χ0n) is 28.2. The van der Waals surface area contributed by atoms with E-state index in [1.807, 2.05) is 44.2 Å². The lowest BCUT2D eigenvalue weighted by Crippen LogP contribution is -2.69. The van der Waals surface area contributed by atoms with Crippen LogP contribution in [0.1, 0.15) is 80.2 Å². The van der Waals surface area contributed by atoms with Crippen molar-refractivity contribution in [2.75, 3.05) is 33.9 Å². The van der Waals surface area contributed by atoms with Gasteiger partial charge in [0.05, 0.1) is 27.4 Å². The first-order valence-electron chi connectivity index (χ1n) is 15.0. The largest absolute Gasteiger partial charge is 0.467 e. The van der Waals surface area contributed by atoms with Gasteiger partial charge in [0.1, 0.15) is 16.7 Å². The van der Waals surface area contributed by atoms with Gasteiger partial charge in [0.15, 0.2) is 5.54 Å². The standard InChI is InChI=1S/C18H25NO5.C13H21NO4.C2H6/c1-17(2,3)24-16(21)19-11-10-18(19,15(20)22-4)13-23-12-14-8-6-5-7-9-14;1-6-7-13(10(15)17-5)8-9-14(13)11(16)18-12(2,3)4;1-2/h5-9H,10-13H2,1-4H3;6H,1,7-9H2,2-5H3;1-2H3. The van der Waals surface area contributed by atoms with E-state index in [9.17, 15) is 19.2 Å². The van der Waals surface area contributed by atoms with Gasteiger partial charge in [-0.2, -0.15) is 0 Å². The molecule has 11 nitrogen and oxygen atoms in total. The fourth-order valence-electron chi connectivity index (χ4n) is 4.61. The lowest BCUT2D eigenvalue weighted by molar-refractivity contribution is -0.171. The van der Waals surface area contributed by atoms with Gasteiger partial charge in [-0.1, -0.05) is 50.3 Å². The van der Waals surface area contributed by atoms with E-state index in [-0.39, 0.29) is 6.61 Å². The lowest BCUT2D eigenvalue weighted by atomic mass is 9.82. The van der Waals surface area contributed by atoms with Crippen LogP contribution in [-0.2, 0) is 39.9 Å². The molecule has 248 valence electrons. The van der Waals surface area contributed by atoms with Crippen LogP contribution in [0.15, 0.2) is 43.0 Å². The average molecular weight is 621 g/mol. The Morgan fingerprint density at radius 1 is 0.795 bits per heavy atom. The quantitative estimate of drug-likeness (QED) is 0.199. The summed E-state index contributed by atoms with van der Waals surface area (Å²) in [6.45, 7) is 19.7. The van der Waals surface area contributed by atoms with Crippen LogP contribution in [-0.4, -0.2) is 90.1 Å². The highest BCUT2D eigenvalue weighted by molar-refractivity contribution is 5.88. The number of amides is 2. The molecule has 44 heavy (non-hydrogen) atoms. The fourth-order valence-corrected chi connectivity index (χ4v) is 4.61. The van der Waals surface area contributed by atoms with Crippen LogP contribution in [0.25, 0.3) is 0 Å². The van der Waals surface area contributed by atoms with Gasteiger partial charge in [0.25, 0.3) is 0 Å². The first-order chi connectivity index (χ1) is 20.5. The van der Waals surface area contributed by atoms with E-state index in [2.05, 4.69) is 6.58 Å². The molecule has 0 spiro atoms. The maximum Gasteiger partial charge on any atom is 0.411 e. The summed E-state index contributed by atoms with van der Waals surface area (Å²) in [5, 5.41) is 0. The Morgan fingerprint density at radius 2 is 1.23 bits per heavy atom. The number of methoxy groups -OCH3 is 2. The van der Waals surface area contributed by atoms with Crippen molar-refractivity contribution >= 4 is 24.1 Å². The number of likely N-dealkylation sites (tertiary alicyclic amines) is 2. The molecule has 3 rings (SSSR count). The predicted molar refractivity (Wildman–Crippen MR) is 167 cm³/mol. The van der Waals surface area contributed by atoms with E-state index in [1.54, 1.807) is 47.6 Å². The second-order valence-corrected chi connectivity index (χ2v) is 12.3. The predicted octanol–water partition coefficient (Wildman–Crippen LogP) is 5.90. The zero-order chi connectivity index (χ0) is 33.8. The van der Waals surface area contributed by atoms with E-state index < -0.39 is 46.4 Å². The molecule has 2 heterocycles. The molecule has 2 unspecified atom stereocenters. The van der Waals surface area contributed by atoms with Crippen molar-refractivity contribution in [1.29, 1.82) is 0 Å². The molecule has 0 bridgehead atoms. The molecule has 11 heteroatoms. The van der Waals surface area contributed by atoms with Crippen LogP contribution in [0, 0.1) is 0 Å². The molecule has 2 aliphatic rings. The SMILES string of the molecule is C=CCC1(C(=O)OC)CCN1C(=O)OC(C)(C)C.CC.COC(=O)C1(COCc2ccccc2)CCN1C(=O)OC(C)(C)C. The van der Waals surface area contributed by atoms with Gasteiger partial charge in [-0.15, -0.1) is 6.58 Å². The summed E-state index contributed by atoms with van der Waals surface area (Å²) >= 11 is 0. The number of rotatable bonds is 8. The van der Waals surface area contributed by atoms with E-state index in [0.717, 1.165) is 5.56 Å². The number of esters is 2. The number of benzene rings is 1. The van der Waals surface area contributed by atoms with Gasteiger partial charge in [0.2, 0.25) is 0 Å². The number of ether oxygens (including phenoxy) is 5. The Hall–Kier alpha value is -3.60. The van der Waals surface area contributed by atoms with Crippen molar-refractivity contribution in [1.82, 2.24) is 9.80 Å². The maximum absolute atomic E-state index is 12.4. The highest BCUT2D eigenvalue weighted by atomic mass is 16.6. The topological polar surface area (TPSA) is 121 Å². The van der Waals surface area contributed by atoms with Crippen molar-refractivity contribution in [3.05, 3.63) is 48.6 Å². The Kier molecular flexibility index (Phi) is 14.4. The number of hydrogen-bond donors (Lipinski definition) is 0.